The molecule has 3 saturated heterocycles. The van der Waals surface area contributed by atoms with Gasteiger partial charge in [0.1, 0.15) is 18.2 Å². The van der Waals surface area contributed by atoms with Crippen LogP contribution >= 0.6 is 0 Å². The zero-order valence-electron chi connectivity index (χ0n) is 16.0. The lowest BCUT2D eigenvalue weighted by atomic mass is 9.79. The minimum atomic E-state index is -0.835. The molecule has 7 nitrogen and oxygen atoms in total. The number of allylic oxidation sites excluding steroid dienone is 1. The first-order chi connectivity index (χ1) is 12.8. The average Bonchev–Trinajstić information content (AvgIpc) is 2.93. The van der Waals surface area contributed by atoms with Crippen molar-refractivity contribution in [3.8, 4) is 0 Å². The maximum absolute atomic E-state index is 12.7. The lowest BCUT2D eigenvalue weighted by molar-refractivity contribution is -0.147. The van der Waals surface area contributed by atoms with Crippen molar-refractivity contribution in [3.63, 3.8) is 0 Å². The molecule has 0 saturated carbocycles. The standard InChI is InChI=1S/C20H29NO6/c1-11-5-3-7-20(2)17(27-20)16-12(9-15(11)22)13(19(25)26-16)10-21-8-4-6-14(21)18(23)24/h5,12-17,22H,3-4,6-10H2,1-2H3,(H,23,24)/b11-5+/t12-,13-,14+,15+,16-,17-,20+/m0/s1. The van der Waals surface area contributed by atoms with Crippen LogP contribution in [0.1, 0.15) is 46.0 Å². The number of ether oxygens (including phenoxy) is 2. The molecule has 0 bridgehead atoms. The fraction of sp³-hybridized carbons (Fsp3) is 0.800. The van der Waals surface area contributed by atoms with E-state index in [0.717, 1.165) is 24.8 Å². The van der Waals surface area contributed by atoms with E-state index in [2.05, 4.69) is 13.0 Å². The number of hydrogen-bond donors (Lipinski definition) is 2. The molecule has 150 valence electrons. The van der Waals surface area contributed by atoms with Crippen molar-refractivity contribution in [3.05, 3.63) is 11.6 Å². The number of aliphatic hydroxyl groups is 1. The van der Waals surface area contributed by atoms with Gasteiger partial charge in [0, 0.05) is 12.5 Å². The minimum Gasteiger partial charge on any atom is -0.480 e. The maximum atomic E-state index is 12.7. The molecule has 0 spiro atoms. The number of aliphatic hydroxyl groups excluding tert-OH is 1. The van der Waals surface area contributed by atoms with Crippen LogP contribution in [0.4, 0.5) is 0 Å². The zero-order chi connectivity index (χ0) is 19.3. The van der Waals surface area contributed by atoms with Crippen molar-refractivity contribution in [1.82, 2.24) is 4.90 Å². The molecule has 0 unspecified atom stereocenters. The van der Waals surface area contributed by atoms with Crippen molar-refractivity contribution < 1.29 is 29.3 Å². The van der Waals surface area contributed by atoms with E-state index in [9.17, 15) is 19.8 Å². The third-order valence-corrected chi connectivity index (χ3v) is 6.94. The van der Waals surface area contributed by atoms with Crippen molar-refractivity contribution in [2.45, 2.75) is 75.9 Å². The number of hydrogen-bond acceptors (Lipinski definition) is 6. The van der Waals surface area contributed by atoms with Crippen LogP contribution in [0.2, 0.25) is 0 Å². The summed E-state index contributed by atoms with van der Waals surface area (Å²) in [6.07, 6.45) is 4.47. The van der Waals surface area contributed by atoms with Gasteiger partial charge in [-0.05, 0) is 58.1 Å². The normalized spacial score (nSPS) is 46.8. The predicted molar refractivity (Wildman–Crippen MR) is 96.0 cm³/mol. The lowest BCUT2D eigenvalue weighted by Crippen LogP contribution is -2.42. The first-order valence-corrected chi connectivity index (χ1v) is 10.00. The molecule has 0 aromatic rings. The molecule has 3 aliphatic heterocycles. The Bertz CT molecular complexity index is 663. The predicted octanol–water partition coefficient (Wildman–Crippen LogP) is 1.34. The van der Waals surface area contributed by atoms with Gasteiger partial charge in [0.25, 0.3) is 0 Å². The van der Waals surface area contributed by atoms with E-state index in [1.54, 1.807) is 0 Å². The van der Waals surface area contributed by atoms with Gasteiger partial charge in [-0.2, -0.15) is 0 Å². The second-order valence-electron chi connectivity index (χ2n) is 8.75. The van der Waals surface area contributed by atoms with Gasteiger partial charge in [-0.1, -0.05) is 6.08 Å². The third-order valence-electron chi connectivity index (χ3n) is 6.94. The minimum absolute atomic E-state index is 0.135. The quantitative estimate of drug-likeness (QED) is 0.434. The maximum Gasteiger partial charge on any atom is 0.320 e. The van der Waals surface area contributed by atoms with Crippen LogP contribution in [0.5, 0.6) is 0 Å². The molecule has 4 aliphatic rings. The number of epoxide rings is 1. The van der Waals surface area contributed by atoms with E-state index < -0.39 is 24.0 Å². The Morgan fingerprint density at radius 2 is 2.22 bits per heavy atom. The highest BCUT2D eigenvalue weighted by Gasteiger charge is 2.63. The van der Waals surface area contributed by atoms with Gasteiger partial charge in [-0.15, -0.1) is 0 Å². The van der Waals surface area contributed by atoms with Gasteiger partial charge in [0.05, 0.1) is 17.6 Å². The number of likely N-dealkylation sites (tertiary alicyclic amines) is 1. The fourth-order valence-electron chi connectivity index (χ4n) is 5.12. The molecular formula is C20H29NO6. The Morgan fingerprint density at radius 1 is 1.44 bits per heavy atom. The Kier molecular flexibility index (Phi) is 4.81. The molecule has 7 heteroatoms. The smallest absolute Gasteiger partial charge is 0.320 e. The molecule has 27 heavy (non-hydrogen) atoms. The van der Waals surface area contributed by atoms with Crippen LogP contribution < -0.4 is 0 Å². The van der Waals surface area contributed by atoms with Crippen molar-refractivity contribution >= 4 is 11.9 Å². The van der Waals surface area contributed by atoms with E-state index in [1.807, 2.05) is 11.8 Å². The summed E-state index contributed by atoms with van der Waals surface area (Å²) in [6.45, 7) is 5.02. The molecule has 1 aliphatic carbocycles. The highest BCUT2D eigenvalue weighted by Crippen LogP contribution is 2.50. The molecular weight excluding hydrogens is 350 g/mol. The summed E-state index contributed by atoms with van der Waals surface area (Å²) >= 11 is 0. The van der Waals surface area contributed by atoms with Crippen molar-refractivity contribution in [2.24, 2.45) is 11.8 Å². The first-order valence-electron chi connectivity index (χ1n) is 10.00. The summed E-state index contributed by atoms with van der Waals surface area (Å²) in [5.74, 6) is -1.72. The van der Waals surface area contributed by atoms with E-state index >= 15 is 0 Å². The van der Waals surface area contributed by atoms with Gasteiger partial charge < -0.3 is 19.7 Å². The SMILES string of the molecule is C/C1=C\CC[C@@]2(C)O[C@H]2[C@H]2OC(=O)[C@@H](CN3CCC[C@@H]3C(=O)O)[C@@H]2C[C@H]1O. The molecule has 3 heterocycles. The van der Waals surface area contributed by atoms with Crippen molar-refractivity contribution in [2.75, 3.05) is 13.1 Å². The summed E-state index contributed by atoms with van der Waals surface area (Å²) < 4.78 is 11.7. The Balaban J connectivity index is 1.57. The molecule has 4 rings (SSSR count). The van der Waals surface area contributed by atoms with Gasteiger partial charge >= 0.3 is 11.9 Å². The molecule has 2 N–H and O–H groups in total. The van der Waals surface area contributed by atoms with Crippen molar-refractivity contribution in [1.29, 1.82) is 0 Å². The summed E-state index contributed by atoms with van der Waals surface area (Å²) in [5.41, 5.74) is 0.633. The number of esters is 1. The number of nitrogens with zero attached hydrogens (tertiary/aromatic N) is 1. The summed E-state index contributed by atoms with van der Waals surface area (Å²) in [6, 6.07) is -0.537. The molecule has 0 aromatic heterocycles. The van der Waals surface area contributed by atoms with E-state index in [4.69, 9.17) is 9.47 Å². The second-order valence-corrected chi connectivity index (χ2v) is 8.75. The summed E-state index contributed by atoms with van der Waals surface area (Å²) in [7, 11) is 0. The highest BCUT2D eigenvalue weighted by molar-refractivity contribution is 5.77. The number of carboxylic acid groups (broad SMARTS) is 1. The van der Waals surface area contributed by atoms with Gasteiger partial charge in [-0.25, -0.2) is 0 Å². The first kappa shape index (κ1) is 18.9. The van der Waals surface area contributed by atoms with Crippen LogP contribution in [-0.2, 0) is 19.1 Å². The van der Waals surface area contributed by atoms with Crippen LogP contribution in [0.3, 0.4) is 0 Å². The Labute approximate surface area is 159 Å². The highest BCUT2D eigenvalue weighted by atomic mass is 16.6. The topological polar surface area (TPSA) is 99.6 Å². The number of aliphatic carboxylic acids is 1. The Hall–Kier alpha value is -1.44. The van der Waals surface area contributed by atoms with E-state index in [-0.39, 0.29) is 29.7 Å². The third kappa shape index (κ3) is 3.41. The van der Waals surface area contributed by atoms with Gasteiger partial charge in [-0.3, -0.25) is 14.5 Å². The number of carboxylic acids is 1. The van der Waals surface area contributed by atoms with Crippen LogP contribution in [0, 0.1) is 11.8 Å². The second kappa shape index (κ2) is 6.87. The van der Waals surface area contributed by atoms with E-state index in [1.165, 1.54) is 0 Å². The molecule has 7 atom stereocenters. The largest absolute Gasteiger partial charge is 0.480 e. The van der Waals surface area contributed by atoms with Crippen LogP contribution in [-0.4, -0.2) is 70.1 Å². The zero-order valence-corrected chi connectivity index (χ0v) is 16.0. The van der Waals surface area contributed by atoms with Gasteiger partial charge in [0.2, 0.25) is 0 Å². The summed E-state index contributed by atoms with van der Waals surface area (Å²) in [5, 5.41) is 20.1. The summed E-state index contributed by atoms with van der Waals surface area (Å²) in [4.78, 5) is 26.1. The monoisotopic (exact) mass is 379 g/mol. The number of carbonyl (C=O) groups is 2. The molecule has 0 aromatic carbocycles. The molecule has 0 radical (unpaired) electrons. The molecule has 3 fully saturated rings. The van der Waals surface area contributed by atoms with Crippen LogP contribution in [0.15, 0.2) is 11.6 Å². The fourth-order valence-corrected chi connectivity index (χ4v) is 5.12. The number of carbonyl (C=O) groups excluding carboxylic acids is 1. The number of fused-ring (bicyclic) bond motifs is 3. The van der Waals surface area contributed by atoms with E-state index in [0.29, 0.717) is 25.9 Å². The average molecular weight is 379 g/mol. The Morgan fingerprint density at radius 3 is 2.96 bits per heavy atom. The number of rotatable bonds is 3. The van der Waals surface area contributed by atoms with Crippen LogP contribution in [0.25, 0.3) is 0 Å². The lowest BCUT2D eigenvalue weighted by Gasteiger charge is -2.28. The van der Waals surface area contributed by atoms with Gasteiger partial charge in [0.15, 0.2) is 0 Å². The molecule has 0 amide bonds.